The van der Waals surface area contributed by atoms with Crippen molar-refractivity contribution in [1.29, 1.82) is 0 Å². The van der Waals surface area contributed by atoms with Crippen LogP contribution in [0, 0.1) is 12.3 Å². The minimum Gasteiger partial charge on any atom is -0.301 e. The van der Waals surface area contributed by atoms with Gasteiger partial charge in [-0.1, -0.05) is 19.3 Å². The lowest BCUT2D eigenvalue weighted by Gasteiger charge is -2.34. The smallest absolute Gasteiger partial charge is 0.301 e. The number of terminal acetylenes is 1. The van der Waals surface area contributed by atoms with E-state index in [9.17, 15) is 13.2 Å². The van der Waals surface area contributed by atoms with Crippen molar-refractivity contribution in [2.45, 2.75) is 50.9 Å². The quantitative estimate of drug-likeness (QED) is 0.765. The Balaban J connectivity index is 2.29. The van der Waals surface area contributed by atoms with E-state index in [1.54, 1.807) is 0 Å². The summed E-state index contributed by atoms with van der Waals surface area (Å²) in [5.41, 5.74) is 0. The maximum atomic E-state index is 12.2. The molecule has 0 bridgehead atoms. The van der Waals surface area contributed by atoms with Gasteiger partial charge in [-0.3, -0.25) is 4.90 Å². The average molecular weight is 262 g/mol. The molecular weight excluding hydrogens is 241 g/mol. The van der Waals surface area contributed by atoms with Crippen LogP contribution in [0.2, 0.25) is 0 Å². The summed E-state index contributed by atoms with van der Waals surface area (Å²) in [6, 6.07) is 0.302. The highest BCUT2D eigenvalue weighted by molar-refractivity contribution is 5.00. The second-order valence-corrected chi connectivity index (χ2v) is 4.84. The van der Waals surface area contributed by atoms with Crippen LogP contribution >= 0.6 is 0 Å². The van der Waals surface area contributed by atoms with Gasteiger partial charge in [0, 0.05) is 6.04 Å². The van der Waals surface area contributed by atoms with Crippen molar-refractivity contribution in [3.05, 3.63) is 0 Å². The number of nitrogens with zero attached hydrogens (tertiary/aromatic N) is 1. The van der Waals surface area contributed by atoms with Gasteiger partial charge in [0.2, 0.25) is 0 Å². The molecule has 5 heteroatoms. The van der Waals surface area contributed by atoms with Gasteiger partial charge in [0.05, 0.1) is 12.6 Å². The van der Waals surface area contributed by atoms with E-state index in [-0.39, 0.29) is 12.1 Å². The van der Waals surface area contributed by atoms with Crippen LogP contribution in [0.5, 0.6) is 0 Å². The van der Waals surface area contributed by atoms with Crippen molar-refractivity contribution >= 4 is 0 Å². The molecule has 0 aromatic heterocycles. The predicted octanol–water partition coefficient (Wildman–Crippen LogP) is 2.40. The number of hydrogen-bond donors (Lipinski definition) is 1. The number of nitrogens with one attached hydrogen (secondary N) is 1. The van der Waals surface area contributed by atoms with Crippen molar-refractivity contribution in [2.24, 2.45) is 0 Å². The Morgan fingerprint density at radius 1 is 1.39 bits per heavy atom. The van der Waals surface area contributed by atoms with E-state index < -0.39 is 12.7 Å². The molecule has 1 atom stereocenters. The van der Waals surface area contributed by atoms with Crippen LogP contribution in [0.25, 0.3) is 0 Å². The number of alkyl halides is 3. The van der Waals surface area contributed by atoms with Crippen molar-refractivity contribution in [1.82, 2.24) is 10.2 Å². The van der Waals surface area contributed by atoms with Gasteiger partial charge >= 0.3 is 6.18 Å². The first-order valence-electron chi connectivity index (χ1n) is 6.46. The summed E-state index contributed by atoms with van der Waals surface area (Å²) in [6.07, 6.45) is 4.71. The molecule has 1 N–H and O–H groups in total. The molecule has 2 nitrogen and oxygen atoms in total. The number of rotatable bonds is 5. The molecule has 0 aromatic carbocycles. The first-order chi connectivity index (χ1) is 8.44. The van der Waals surface area contributed by atoms with Gasteiger partial charge in [-0.2, -0.15) is 13.2 Å². The van der Waals surface area contributed by atoms with E-state index in [1.165, 1.54) is 4.90 Å². The fourth-order valence-electron chi connectivity index (χ4n) is 2.30. The summed E-state index contributed by atoms with van der Waals surface area (Å²) in [6.45, 7) is 2.24. The molecule has 0 radical (unpaired) electrons. The van der Waals surface area contributed by atoms with Crippen molar-refractivity contribution in [2.75, 3.05) is 19.6 Å². The molecule has 1 aliphatic rings. The summed E-state index contributed by atoms with van der Waals surface area (Å²) in [7, 11) is 0. The third kappa shape index (κ3) is 5.74. The summed E-state index contributed by atoms with van der Waals surface area (Å²) < 4.78 is 36.7. The molecule has 0 aliphatic carbocycles. The second kappa shape index (κ2) is 7.01. The van der Waals surface area contributed by atoms with Gasteiger partial charge in [-0.25, -0.2) is 0 Å². The summed E-state index contributed by atoms with van der Waals surface area (Å²) >= 11 is 0. The maximum Gasteiger partial charge on any atom is 0.401 e. The highest BCUT2D eigenvalue weighted by Gasteiger charge is 2.32. The van der Waals surface area contributed by atoms with Crippen LogP contribution < -0.4 is 5.32 Å². The molecule has 1 saturated heterocycles. The van der Waals surface area contributed by atoms with Crippen molar-refractivity contribution in [3.63, 3.8) is 0 Å². The predicted molar refractivity (Wildman–Crippen MR) is 66.2 cm³/mol. The first-order valence-corrected chi connectivity index (χ1v) is 6.46. The number of halogens is 3. The molecule has 18 heavy (non-hydrogen) atoms. The van der Waals surface area contributed by atoms with E-state index in [1.807, 2.05) is 0 Å². The SMILES string of the molecule is C#CC(CCC)NC1CCN(CC(F)(F)F)CC1. The van der Waals surface area contributed by atoms with E-state index in [0.29, 0.717) is 13.1 Å². The number of likely N-dealkylation sites (tertiary alicyclic amines) is 1. The topological polar surface area (TPSA) is 15.3 Å². The molecule has 0 saturated carbocycles. The van der Waals surface area contributed by atoms with E-state index in [2.05, 4.69) is 18.2 Å². The van der Waals surface area contributed by atoms with E-state index in [4.69, 9.17) is 6.42 Å². The lowest BCUT2D eigenvalue weighted by atomic mass is 10.0. The minimum absolute atomic E-state index is 0.0502. The van der Waals surface area contributed by atoms with Crippen LogP contribution in [0.3, 0.4) is 0 Å². The van der Waals surface area contributed by atoms with Gasteiger partial charge in [0.25, 0.3) is 0 Å². The summed E-state index contributed by atoms with van der Waals surface area (Å²) in [4.78, 5) is 1.46. The third-order valence-electron chi connectivity index (χ3n) is 3.21. The molecule has 0 amide bonds. The van der Waals surface area contributed by atoms with Gasteiger partial charge in [-0.05, 0) is 32.4 Å². The number of hydrogen-bond acceptors (Lipinski definition) is 2. The highest BCUT2D eigenvalue weighted by Crippen LogP contribution is 2.20. The van der Waals surface area contributed by atoms with Crippen molar-refractivity contribution in [3.8, 4) is 12.3 Å². The minimum atomic E-state index is -4.09. The summed E-state index contributed by atoms with van der Waals surface area (Å²) in [5.74, 6) is 2.70. The zero-order valence-corrected chi connectivity index (χ0v) is 10.8. The molecule has 1 rings (SSSR count). The maximum absolute atomic E-state index is 12.2. The van der Waals surface area contributed by atoms with Gasteiger partial charge in [0.15, 0.2) is 0 Å². The Bertz CT molecular complexity index is 275. The molecule has 1 fully saturated rings. The van der Waals surface area contributed by atoms with Crippen molar-refractivity contribution < 1.29 is 13.2 Å². The van der Waals surface area contributed by atoms with Crippen LogP contribution in [0.15, 0.2) is 0 Å². The van der Waals surface area contributed by atoms with E-state index >= 15 is 0 Å². The molecule has 1 unspecified atom stereocenters. The molecule has 1 aliphatic heterocycles. The number of piperidine rings is 1. The standard InChI is InChI=1S/C13H21F3N2/c1-3-5-11(4-2)17-12-6-8-18(9-7-12)10-13(14,15)16/h2,11-12,17H,3,5-10H2,1H3. The zero-order chi connectivity index (χ0) is 13.6. The molecule has 0 spiro atoms. The normalized spacial score (nSPS) is 20.6. The first kappa shape index (κ1) is 15.3. The molecular formula is C13H21F3N2. The zero-order valence-electron chi connectivity index (χ0n) is 10.8. The fourth-order valence-corrected chi connectivity index (χ4v) is 2.30. The van der Waals surface area contributed by atoms with Crippen LogP contribution in [-0.2, 0) is 0 Å². The molecule has 104 valence electrons. The fraction of sp³-hybridized carbons (Fsp3) is 0.846. The largest absolute Gasteiger partial charge is 0.401 e. The average Bonchev–Trinajstić information content (AvgIpc) is 2.29. The summed E-state index contributed by atoms with van der Waals surface area (Å²) in [5, 5.41) is 3.35. The molecule has 1 heterocycles. The lowest BCUT2D eigenvalue weighted by molar-refractivity contribution is -0.148. The Kier molecular flexibility index (Phi) is 5.97. The van der Waals surface area contributed by atoms with Crippen LogP contribution in [-0.4, -0.2) is 42.8 Å². The molecule has 0 aromatic rings. The monoisotopic (exact) mass is 262 g/mol. The van der Waals surface area contributed by atoms with Gasteiger partial charge < -0.3 is 5.32 Å². The second-order valence-electron chi connectivity index (χ2n) is 4.84. The lowest BCUT2D eigenvalue weighted by Crippen LogP contribution is -2.47. The van der Waals surface area contributed by atoms with Gasteiger partial charge in [0.1, 0.15) is 0 Å². The Hall–Kier alpha value is -0.730. The Morgan fingerprint density at radius 2 is 2.00 bits per heavy atom. The van der Waals surface area contributed by atoms with E-state index in [0.717, 1.165) is 25.7 Å². The van der Waals surface area contributed by atoms with Crippen LogP contribution in [0.4, 0.5) is 13.2 Å². The Labute approximate surface area is 107 Å². The third-order valence-corrected chi connectivity index (χ3v) is 3.21. The van der Waals surface area contributed by atoms with Crippen LogP contribution in [0.1, 0.15) is 32.6 Å². The van der Waals surface area contributed by atoms with Gasteiger partial charge in [-0.15, -0.1) is 6.42 Å². The Morgan fingerprint density at radius 3 is 2.44 bits per heavy atom. The highest BCUT2D eigenvalue weighted by atomic mass is 19.4.